The van der Waals surface area contributed by atoms with E-state index in [4.69, 9.17) is 11.6 Å². The third-order valence-electron chi connectivity index (χ3n) is 3.31. The highest BCUT2D eigenvalue weighted by atomic mass is 35.5. The van der Waals surface area contributed by atoms with Crippen molar-refractivity contribution in [3.8, 4) is 0 Å². The number of thioether (sulfide) groups is 2. The minimum atomic E-state index is -0.470. The second-order valence-corrected chi connectivity index (χ2v) is 7.70. The molecular formula is C14H18ClFOS2. The monoisotopic (exact) mass is 320 g/mol. The first-order valence-corrected chi connectivity index (χ1v) is 8.94. The molecule has 1 N–H and O–H groups in total. The van der Waals surface area contributed by atoms with Crippen LogP contribution in [0, 0.1) is 5.82 Å². The lowest BCUT2D eigenvalue weighted by Gasteiger charge is -2.33. The molecule has 0 saturated carbocycles. The number of aliphatic hydroxyl groups excluding tert-OH is 1. The lowest BCUT2D eigenvalue weighted by atomic mass is 10.0. The summed E-state index contributed by atoms with van der Waals surface area (Å²) >= 11 is 9.81. The molecule has 1 aromatic rings. The van der Waals surface area contributed by atoms with Crippen molar-refractivity contribution >= 4 is 35.1 Å². The van der Waals surface area contributed by atoms with E-state index in [1.165, 1.54) is 12.1 Å². The van der Waals surface area contributed by atoms with E-state index < -0.39 is 6.10 Å². The Morgan fingerprint density at radius 1 is 1.42 bits per heavy atom. The van der Waals surface area contributed by atoms with Gasteiger partial charge < -0.3 is 5.11 Å². The molecule has 0 aromatic heterocycles. The minimum Gasteiger partial charge on any atom is -0.392 e. The van der Waals surface area contributed by atoms with Gasteiger partial charge in [0.1, 0.15) is 5.82 Å². The molecule has 0 aliphatic carbocycles. The summed E-state index contributed by atoms with van der Waals surface area (Å²) in [4.78, 5) is 0. The van der Waals surface area contributed by atoms with Gasteiger partial charge in [0.05, 0.1) is 6.10 Å². The lowest BCUT2D eigenvalue weighted by molar-refractivity contribution is 0.169. The highest BCUT2D eigenvalue weighted by Gasteiger charge is 2.31. The predicted octanol–water partition coefficient (Wildman–Crippen LogP) is 4.01. The summed E-state index contributed by atoms with van der Waals surface area (Å²) in [7, 11) is 0. The molecule has 1 nitrogen and oxygen atoms in total. The maximum absolute atomic E-state index is 13.2. The van der Waals surface area contributed by atoms with E-state index in [0.717, 1.165) is 17.9 Å². The maximum atomic E-state index is 13.2. The van der Waals surface area contributed by atoms with Gasteiger partial charge in [0.25, 0.3) is 0 Å². The number of aliphatic hydroxyl groups is 1. The van der Waals surface area contributed by atoms with Crippen molar-refractivity contribution in [2.75, 3.05) is 11.5 Å². The van der Waals surface area contributed by atoms with Gasteiger partial charge in [0.15, 0.2) is 0 Å². The molecule has 3 unspecified atom stereocenters. The van der Waals surface area contributed by atoms with Crippen molar-refractivity contribution in [3.05, 3.63) is 34.6 Å². The van der Waals surface area contributed by atoms with E-state index in [1.54, 1.807) is 6.07 Å². The molecule has 1 aromatic carbocycles. The average Bonchev–Trinajstić information content (AvgIpc) is 2.42. The van der Waals surface area contributed by atoms with E-state index in [0.29, 0.717) is 22.3 Å². The smallest absolute Gasteiger partial charge is 0.123 e. The zero-order chi connectivity index (χ0) is 13.8. The highest BCUT2D eigenvalue weighted by molar-refractivity contribution is 8.07. The molecule has 0 amide bonds. The zero-order valence-corrected chi connectivity index (χ0v) is 13.2. The summed E-state index contributed by atoms with van der Waals surface area (Å²) in [6, 6.07) is 4.32. The maximum Gasteiger partial charge on any atom is 0.123 e. The van der Waals surface area contributed by atoms with Gasteiger partial charge in [-0.15, -0.1) is 0 Å². The van der Waals surface area contributed by atoms with Gasteiger partial charge in [-0.1, -0.05) is 18.5 Å². The third-order valence-corrected chi connectivity index (χ3v) is 7.07. The quantitative estimate of drug-likeness (QED) is 0.905. The van der Waals surface area contributed by atoms with Crippen molar-refractivity contribution in [2.24, 2.45) is 0 Å². The Morgan fingerprint density at radius 2 is 2.16 bits per heavy atom. The molecule has 1 fully saturated rings. The minimum absolute atomic E-state index is 0.211. The van der Waals surface area contributed by atoms with Crippen LogP contribution in [0.25, 0.3) is 0 Å². The summed E-state index contributed by atoms with van der Waals surface area (Å²) in [5.74, 6) is 1.91. The van der Waals surface area contributed by atoms with Crippen LogP contribution in [-0.4, -0.2) is 33.2 Å². The van der Waals surface area contributed by atoms with Crippen LogP contribution in [0.4, 0.5) is 4.39 Å². The molecule has 0 bridgehead atoms. The second kappa shape index (κ2) is 7.21. The van der Waals surface area contributed by atoms with Gasteiger partial charge in [0.2, 0.25) is 0 Å². The Labute approximate surface area is 127 Å². The van der Waals surface area contributed by atoms with Crippen LogP contribution in [0.1, 0.15) is 18.9 Å². The van der Waals surface area contributed by atoms with E-state index in [2.05, 4.69) is 6.92 Å². The van der Waals surface area contributed by atoms with Crippen LogP contribution >= 0.6 is 35.1 Å². The summed E-state index contributed by atoms with van der Waals surface area (Å²) in [6.07, 6.45) is 1.00. The predicted molar refractivity (Wildman–Crippen MR) is 83.9 cm³/mol. The third kappa shape index (κ3) is 4.03. The first kappa shape index (κ1) is 15.5. The molecule has 0 spiro atoms. The zero-order valence-electron chi connectivity index (χ0n) is 10.8. The first-order chi connectivity index (χ1) is 9.11. The van der Waals surface area contributed by atoms with E-state index >= 15 is 0 Å². The molecule has 19 heavy (non-hydrogen) atoms. The highest BCUT2D eigenvalue weighted by Crippen LogP contribution is 2.36. The van der Waals surface area contributed by atoms with Gasteiger partial charge in [-0.05, 0) is 30.2 Å². The molecule has 1 heterocycles. The lowest BCUT2D eigenvalue weighted by Crippen LogP contribution is -2.37. The van der Waals surface area contributed by atoms with Gasteiger partial charge in [-0.2, -0.15) is 23.5 Å². The van der Waals surface area contributed by atoms with Gasteiger partial charge >= 0.3 is 0 Å². The fourth-order valence-electron chi connectivity index (χ4n) is 2.34. The second-order valence-electron chi connectivity index (χ2n) is 4.66. The standard InChI is InChI=1S/C14H18ClFOS2/c1-2-13-14(19-6-5-18-13)12(17)8-9-7-10(16)3-4-11(9)15/h3-4,7,12-14,17H,2,5-6,8H2,1H3. The summed E-state index contributed by atoms with van der Waals surface area (Å²) in [6.45, 7) is 2.15. The SMILES string of the molecule is CCC1SCCSC1C(O)Cc1cc(F)ccc1Cl. The van der Waals surface area contributed by atoms with Crippen LogP contribution in [0.2, 0.25) is 5.02 Å². The van der Waals surface area contributed by atoms with Crippen LogP contribution in [0.3, 0.4) is 0 Å². The van der Waals surface area contributed by atoms with E-state index in [9.17, 15) is 9.50 Å². The Balaban J connectivity index is 2.06. The van der Waals surface area contributed by atoms with Gasteiger partial charge in [-0.25, -0.2) is 4.39 Å². The van der Waals surface area contributed by atoms with Crippen molar-refractivity contribution in [1.82, 2.24) is 0 Å². The molecule has 1 saturated heterocycles. The molecule has 2 rings (SSSR count). The van der Waals surface area contributed by atoms with E-state index in [1.807, 2.05) is 23.5 Å². The molecular weight excluding hydrogens is 303 g/mol. The van der Waals surface area contributed by atoms with E-state index in [-0.39, 0.29) is 11.1 Å². The summed E-state index contributed by atoms with van der Waals surface area (Å²) in [5.41, 5.74) is 0.695. The summed E-state index contributed by atoms with van der Waals surface area (Å²) in [5, 5.41) is 11.6. The largest absolute Gasteiger partial charge is 0.392 e. The van der Waals surface area contributed by atoms with Crippen molar-refractivity contribution in [2.45, 2.75) is 36.4 Å². The average molecular weight is 321 g/mol. The Hall–Kier alpha value is 0.1000. The van der Waals surface area contributed by atoms with Crippen molar-refractivity contribution in [1.29, 1.82) is 0 Å². The number of halogens is 2. The van der Waals surface area contributed by atoms with Gasteiger partial charge in [0, 0.05) is 33.4 Å². The van der Waals surface area contributed by atoms with Crippen LogP contribution in [0.15, 0.2) is 18.2 Å². The van der Waals surface area contributed by atoms with Crippen molar-refractivity contribution in [3.63, 3.8) is 0 Å². The summed E-state index contributed by atoms with van der Waals surface area (Å²) < 4.78 is 13.2. The molecule has 3 atom stereocenters. The number of hydrogen-bond acceptors (Lipinski definition) is 3. The Bertz CT molecular complexity index is 430. The van der Waals surface area contributed by atoms with Crippen molar-refractivity contribution < 1.29 is 9.50 Å². The van der Waals surface area contributed by atoms with Crippen LogP contribution < -0.4 is 0 Å². The fourth-order valence-corrected chi connectivity index (χ4v) is 5.68. The fraction of sp³-hybridized carbons (Fsp3) is 0.571. The molecule has 0 radical (unpaired) electrons. The molecule has 1 aliphatic rings. The van der Waals surface area contributed by atoms with Crippen LogP contribution in [0.5, 0.6) is 0 Å². The normalized spacial score (nSPS) is 25.3. The molecule has 5 heteroatoms. The Kier molecular flexibility index (Phi) is 5.87. The number of benzene rings is 1. The van der Waals surface area contributed by atoms with Gasteiger partial charge in [-0.3, -0.25) is 0 Å². The molecule has 106 valence electrons. The Morgan fingerprint density at radius 3 is 2.89 bits per heavy atom. The first-order valence-electron chi connectivity index (χ1n) is 6.47. The number of rotatable bonds is 4. The number of hydrogen-bond donors (Lipinski definition) is 1. The molecule has 1 aliphatic heterocycles. The topological polar surface area (TPSA) is 20.2 Å². The van der Waals surface area contributed by atoms with Crippen LogP contribution in [-0.2, 0) is 6.42 Å².